The number of carbonyl (C=O) groups is 1. The van der Waals surface area contributed by atoms with Gasteiger partial charge in [-0.3, -0.25) is 9.71 Å². The van der Waals surface area contributed by atoms with Crippen molar-refractivity contribution in [3.05, 3.63) is 24.0 Å². The quantitative estimate of drug-likeness (QED) is 0.879. The van der Waals surface area contributed by atoms with E-state index in [0.717, 1.165) is 19.3 Å². The van der Waals surface area contributed by atoms with Crippen molar-refractivity contribution in [2.24, 2.45) is 0 Å². The number of hydrogen-bond donors (Lipinski definition) is 2. The number of carboxylic acids is 1. The Balaban J connectivity index is 2.15. The molecule has 0 amide bonds. The molecule has 1 aliphatic rings. The molecule has 6 nitrogen and oxygen atoms in total. The van der Waals surface area contributed by atoms with Gasteiger partial charge in [0.2, 0.25) is 10.0 Å². The number of pyridine rings is 1. The summed E-state index contributed by atoms with van der Waals surface area (Å²) in [6.45, 7) is 0. The molecule has 2 rings (SSSR count). The third kappa shape index (κ3) is 3.44. The summed E-state index contributed by atoms with van der Waals surface area (Å²) in [5.74, 6) is -1.13. The van der Waals surface area contributed by atoms with Crippen molar-refractivity contribution in [3.8, 4) is 0 Å². The van der Waals surface area contributed by atoms with Gasteiger partial charge in [-0.15, -0.1) is 0 Å². The lowest BCUT2D eigenvalue weighted by atomic mass is 10.0. The van der Waals surface area contributed by atoms with Crippen molar-refractivity contribution in [1.29, 1.82) is 0 Å². The number of sulfonamides is 1. The minimum Gasteiger partial charge on any atom is -0.478 e. The van der Waals surface area contributed by atoms with Gasteiger partial charge in [0.25, 0.3) is 0 Å². The number of carboxylic acid groups (broad SMARTS) is 1. The number of nitrogens with zero attached hydrogens (tertiary/aromatic N) is 1. The van der Waals surface area contributed by atoms with E-state index in [1.165, 1.54) is 18.5 Å². The van der Waals surface area contributed by atoms with Crippen molar-refractivity contribution in [2.45, 2.75) is 37.4 Å². The molecule has 2 N–H and O–H groups in total. The lowest BCUT2D eigenvalue weighted by Crippen LogP contribution is -2.29. The Labute approximate surface area is 111 Å². The SMILES string of the molecule is O=C(O)c1cncc(NS(=O)(=O)C2CCCCC2)c1. The Kier molecular flexibility index (Phi) is 4.04. The van der Waals surface area contributed by atoms with E-state index in [0.29, 0.717) is 12.8 Å². The molecule has 0 radical (unpaired) electrons. The molecule has 0 spiro atoms. The maximum absolute atomic E-state index is 12.1. The van der Waals surface area contributed by atoms with Crippen LogP contribution >= 0.6 is 0 Å². The second kappa shape index (κ2) is 5.56. The lowest BCUT2D eigenvalue weighted by Gasteiger charge is -2.22. The molecule has 1 heterocycles. The fourth-order valence-electron chi connectivity index (χ4n) is 2.24. The highest BCUT2D eigenvalue weighted by atomic mass is 32.2. The Morgan fingerprint density at radius 3 is 2.58 bits per heavy atom. The van der Waals surface area contributed by atoms with Crippen molar-refractivity contribution in [2.75, 3.05) is 4.72 Å². The molecule has 0 saturated heterocycles. The summed E-state index contributed by atoms with van der Waals surface area (Å²) < 4.78 is 26.7. The van der Waals surface area contributed by atoms with Crippen LogP contribution < -0.4 is 4.72 Å². The number of aromatic nitrogens is 1. The van der Waals surface area contributed by atoms with E-state index in [2.05, 4.69) is 9.71 Å². The van der Waals surface area contributed by atoms with Crippen LogP contribution in [0, 0.1) is 0 Å². The first-order chi connectivity index (χ1) is 8.99. The smallest absolute Gasteiger partial charge is 0.337 e. The number of aromatic carboxylic acids is 1. The van der Waals surface area contributed by atoms with Crippen molar-refractivity contribution < 1.29 is 18.3 Å². The molecule has 1 saturated carbocycles. The maximum Gasteiger partial charge on any atom is 0.337 e. The van der Waals surface area contributed by atoms with Crippen molar-refractivity contribution >= 4 is 21.7 Å². The van der Waals surface area contributed by atoms with Crippen LogP contribution in [0.4, 0.5) is 5.69 Å². The van der Waals surface area contributed by atoms with Gasteiger partial charge >= 0.3 is 5.97 Å². The first-order valence-electron chi connectivity index (χ1n) is 6.19. The van der Waals surface area contributed by atoms with Gasteiger partial charge in [-0.25, -0.2) is 13.2 Å². The molecule has 0 bridgehead atoms. The van der Waals surface area contributed by atoms with E-state index < -0.39 is 21.2 Å². The van der Waals surface area contributed by atoms with Crippen LogP contribution in [0.25, 0.3) is 0 Å². The monoisotopic (exact) mass is 284 g/mol. The van der Waals surface area contributed by atoms with Crippen LogP contribution in [0.2, 0.25) is 0 Å². The standard InChI is InChI=1S/C12H16N2O4S/c15-12(16)9-6-10(8-13-7-9)14-19(17,18)11-4-2-1-3-5-11/h6-8,11,14H,1-5H2,(H,15,16). The normalized spacial score (nSPS) is 17.1. The molecule has 104 valence electrons. The highest BCUT2D eigenvalue weighted by Crippen LogP contribution is 2.25. The Morgan fingerprint density at radius 1 is 1.26 bits per heavy atom. The topological polar surface area (TPSA) is 96.4 Å². The zero-order chi connectivity index (χ0) is 13.9. The average molecular weight is 284 g/mol. The summed E-state index contributed by atoms with van der Waals surface area (Å²) in [6.07, 6.45) is 6.70. The molecule has 7 heteroatoms. The van der Waals surface area contributed by atoms with Crippen molar-refractivity contribution in [3.63, 3.8) is 0 Å². The molecular formula is C12H16N2O4S. The Bertz CT molecular complexity index is 565. The summed E-state index contributed by atoms with van der Waals surface area (Å²) in [5.41, 5.74) is 0.161. The molecule has 1 aromatic rings. The van der Waals surface area contributed by atoms with E-state index in [4.69, 9.17) is 5.11 Å². The summed E-state index contributed by atoms with van der Waals surface area (Å²) in [6, 6.07) is 1.27. The van der Waals surface area contributed by atoms with E-state index >= 15 is 0 Å². The first-order valence-corrected chi connectivity index (χ1v) is 7.73. The fraction of sp³-hybridized carbons (Fsp3) is 0.500. The molecular weight excluding hydrogens is 268 g/mol. The number of hydrogen-bond acceptors (Lipinski definition) is 4. The third-order valence-corrected chi connectivity index (χ3v) is 5.11. The van der Waals surface area contributed by atoms with Crippen molar-refractivity contribution in [1.82, 2.24) is 4.98 Å². The summed E-state index contributed by atoms with van der Waals surface area (Å²) in [5, 5.41) is 8.45. The van der Waals surface area contributed by atoms with Crippen LogP contribution in [-0.2, 0) is 10.0 Å². The minimum absolute atomic E-state index is 0.0381. The highest BCUT2D eigenvalue weighted by Gasteiger charge is 2.27. The van der Waals surface area contributed by atoms with Gasteiger partial charge in [-0.05, 0) is 18.9 Å². The second-order valence-electron chi connectivity index (χ2n) is 4.67. The number of anilines is 1. The minimum atomic E-state index is -3.46. The Hall–Kier alpha value is -1.63. The predicted molar refractivity (Wildman–Crippen MR) is 70.6 cm³/mol. The van der Waals surface area contributed by atoms with Gasteiger partial charge in [0.1, 0.15) is 0 Å². The molecule has 0 aromatic carbocycles. The van der Waals surface area contributed by atoms with Crippen LogP contribution in [0.1, 0.15) is 42.5 Å². The molecule has 0 atom stereocenters. The highest BCUT2D eigenvalue weighted by molar-refractivity contribution is 7.93. The van der Waals surface area contributed by atoms with Gasteiger partial charge in [0, 0.05) is 6.20 Å². The largest absolute Gasteiger partial charge is 0.478 e. The Morgan fingerprint density at radius 2 is 1.95 bits per heavy atom. The zero-order valence-corrected chi connectivity index (χ0v) is 11.2. The summed E-state index contributed by atoms with van der Waals surface area (Å²) in [4.78, 5) is 14.5. The van der Waals surface area contributed by atoms with Crippen LogP contribution in [0.15, 0.2) is 18.5 Å². The zero-order valence-electron chi connectivity index (χ0n) is 10.4. The molecule has 0 aliphatic heterocycles. The van der Waals surface area contributed by atoms with E-state index in [1.807, 2.05) is 0 Å². The number of nitrogens with one attached hydrogen (secondary N) is 1. The first kappa shape index (κ1) is 13.8. The summed E-state index contributed by atoms with van der Waals surface area (Å²) in [7, 11) is -3.46. The van der Waals surface area contributed by atoms with Gasteiger partial charge in [-0.2, -0.15) is 0 Å². The number of rotatable bonds is 4. The fourth-order valence-corrected chi connectivity index (χ4v) is 3.80. The van der Waals surface area contributed by atoms with Crippen LogP contribution in [0.3, 0.4) is 0 Å². The van der Waals surface area contributed by atoms with Gasteiger partial charge < -0.3 is 5.11 Å². The van der Waals surface area contributed by atoms with Gasteiger partial charge in [0.05, 0.1) is 22.7 Å². The summed E-state index contributed by atoms with van der Waals surface area (Å²) >= 11 is 0. The van der Waals surface area contributed by atoms with E-state index in [9.17, 15) is 13.2 Å². The van der Waals surface area contributed by atoms with Crippen LogP contribution in [0.5, 0.6) is 0 Å². The van der Waals surface area contributed by atoms with Crippen LogP contribution in [-0.4, -0.2) is 29.7 Å². The maximum atomic E-state index is 12.1. The third-order valence-electron chi connectivity index (χ3n) is 3.24. The average Bonchev–Trinajstić information content (AvgIpc) is 2.39. The predicted octanol–water partition coefficient (Wildman–Crippen LogP) is 1.85. The second-order valence-corrected chi connectivity index (χ2v) is 6.64. The molecule has 1 aromatic heterocycles. The molecule has 19 heavy (non-hydrogen) atoms. The van der Waals surface area contributed by atoms with E-state index in [1.54, 1.807) is 0 Å². The molecule has 0 unspecified atom stereocenters. The molecule has 1 fully saturated rings. The van der Waals surface area contributed by atoms with E-state index in [-0.39, 0.29) is 11.3 Å². The van der Waals surface area contributed by atoms with Gasteiger partial charge in [-0.1, -0.05) is 19.3 Å². The lowest BCUT2D eigenvalue weighted by molar-refractivity contribution is 0.0696. The molecule has 1 aliphatic carbocycles. The van der Waals surface area contributed by atoms with Gasteiger partial charge in [0.15, 0.2) is 0 Å².